The SMILES string of the molecule is CC(Sc1ccc(C(F)(F)F)cn1)C(=O)Nc1ccc(S(=O)(=O)N2CCCCC2)cc1. The first-order valence-corrected chi connectivity index (χ1v) is 12.0. The van der Waals surface area contributed by atoms with Crippen molar-refractivity contribution in [3.05, 3.63) is 48.2 Å². The van der Waals surface area contributed by atoms with Gasteiger partial charge < -0.3 is 5.32 Å². The number of benzene rings is 1. The zero-order chi connectivity index (χ0) is 22.6. The molecular formula is C20H22F3N3O3S2. The summed E-state index contributed by atoms with van der Waals surface area (Å²) in [5, 5.41) is 2.35. The lowest BCUT2D eigenvalue weighted by molar-refractivity contribution is -0.137. The van der Waals surface area contributed by atoms with E-state index in [1.54, 1.807) is 6.92 Å². The number of anilines is 1. The Balaban J connectivity index is 1.59. The summed E-state index contributed by atoms with van der Waals surface area (Å²) in [6, 6.07) is 8.08. The molecule has 168 valence electrons. The Morgan fingerprint density at radius 3 is 2.29 bits per heavy atom. The normalized spacial score (nSPS) is 16.6. The number of nitrogens with zero attached hydrogens (tertiary/aromatic N) is 2. The van der Waals surface area contributed by atoms with E-state index in [9.17, 15) is 26.4 Å². The van der Waals surface area contributed by atoms with E-state index < -0.39 is 27.0 Å². The summed E-state index contributed by atoms with van der Waals surface area (Å²) in [6.07, 6.45) is -1.02. The zero-order valence-electron chi connectivity index (χ0n) is 16.7. The molecule has 1 aromatic carbocycles. The lowest BCUT2D eigenvalue weighted by Crippen LogP contribution is -2.35. The second-order valence-electron chi connectivity index (χ2n) is 7.12. The maximum atomic E-state index is 12.7. The Bertz CT molecular complexity index is 1000. The number of sulfonamides is 1. The molecule has 1 aromatic heterocycles. The molecule has 1 amide bonds. The first-order chi connectivity index (χ1) is 14.6. The number of pyridine rings is 1. The van der Waals surface area contributed by atoms with E-state index in [4.69, 9.17) is 0 Å². The lowest BCUT2D eigenvalue weighted by atomic mass is 10.2. The maximum Gasteiger partial charge on any atom is 0.417 e. The van der Waals surface area contributed by atoms with Crippen LogP contribution >= 0.6 is 11.8 Å². The first-order valence-electron chi connectivity index (χ1n) is 9.68. The third-order valence-electron chi connectivity index (χ3n) is 4.81. The van der Waals surface area contributed by atoms with Gasteiger partial charge in [0, 0.05) is 25.0 Å². The number of hydrogen-bond donors (Lipinski definition) is 1. The number of amides is 1. The number of rotatable bonds is 6. The summed E-state index contributed by atoms with van der Waals surface area (Å²) < 4.78 is 64.7. The van der Waals surface area contributed by atoms with E-state index in [2.05, 4.69) is 10.3 Å². The second kappa shape index (κ2) is 9.58. The fraction of sp³-hybridized carbons (Fsp3) is 0.400. The molecule has 0 spiro atoms. The molecule has 0 saturated carbocycles. The van der Waals surface area contributed by atoms with Crippen molar-refractivity contribution < 1.29 is 26.4 Å². The van der Waals surface area contributed by atoms with Crippen LogP contribution in [0.1, 0.15) is 31.7 Å². The Kier molecular flexibility index (Phi) is 7.28. The minimum atomic E-state index is -4.47. The summed E-state index contributed by atoms with van der Waals surface area (Å²) in [5.74, 6) is -0.377. The van der Waals surface area contributed by atoms with Crippen LogP contribution in [0.2, 0.25) is 0 Å². The minimum Gasteiger partial charge on any atom is -0.325 e. The highest BCUT2D eigenvalue weighted by molar-refractivity contribution is 8.00. The molecule has 0 radical (unpaired) electrons. The molecular weight excluding hydrogens is 451 g/mol. The average molecular weight is 474 g/mol. The fourth-order valence-corrected chi connectivity index (χ4v) is 5.37. The number of alkyl halides is 3. The van der Waals surface area contributed by atoms with Gasteiger partial charge in [0.2, 0.25) is 15.9 Å². The molecule has 11 heteroatoms. The molecule has 1 saturated heterocycles. The van der Waals surface area contributed by atoms with Crippen LogP contribution in [0.15, 0.2) is 52.5 Å². The van der Waals surface area contributed by atoms with Gasteiger partial charge in [-0.2, -0.15) is 17.5 Å². The summed E-state index contributed by atoms with van der Waals surface area (Å²) in [6.45, 7) is 2.62. The van der Waals surface area contributed by atoms with Crippen molar-refractivity contribution in [2.75, 3.05) is 18.4 Å². The molecule has 6 nitrogen and oxygen atoms in total. The van der Waals surface area contributed by atoms with Gasteiger partial charge in [-0.15, -0.1) is 0 Å². The van der Waals surface area contributed by atoms with Gasteiger partial charge in [-0.1, -0.05) is 18.2 Å². The van der Waals surface area contributed by atoms with E-state index in [0.717, 1.165) is 43.3 Å². The van der Waals surface area contributed by atoms with Gasteiger partial charge in [0.1, 0.15) is 0 Å². The Morgan fingerprint density at radius 1 is 1.10 bits per heavy atom. The third-order valence-corrected chi connectivity index (χ3v) is 7.77. The highest BCUT2D eigenvalue weighted by Crippen LogP contribution is 2.30. The van der Waals surface area contributed by atoms with Crippen LogP contribution in [0.3, 0.4) is 0 Å². The van der Waals surface area contributed by atoms with E-state index in [1.165, 1.54) is 34.6 Å². The fourth-order valence-electron chi connectivity index (χ4n) is 3.06. The first kappa shape index (κ1) is 23.6. The quantitative estimate of drug-likeness (QED) is 0.630. The van der Waals surface area contributed by atoms with Crippen LogP contribution in [0.5, 0.6) is 0 Å². The van der Waals surface area contributed by atoms with Crippen molar-refractivity contribution in [1.29, 1.82) is 0 Å². The number of carbonyl (C=O) groups is 1. The highest BCUT2D eigenvalue weighted by atomic mass is 32.2. The van der Waals surface area contributed by atoms with Gasteiger partial charge in [-0.25, -0.2) is 13.4 Å². The lowest BCUT2D eigenvalue weighted by Gasteiger charge is -2.25. The van der Waals surface area contributed by atoms with Gasteiger partial charge in [0.25, 0.3) is 0 Å². The highest BCUT2D eigenvalue weighted by Gasteiger charge is 2.31. The van der Waals surface area contributed by atoms with Gasteiger partial charge in [0.05, 0.1) is 20.7 Å². The Labute approximate surface area is 183 Å². The number of piperidine rings is 1. The van der Waals surface area contributed by atoms with E-state index >= 15 is 0 Å². The molecule has 1 unspecified atom stereocenters. The summed E-state index contributed by atoms with van der Waals surface area (Å²) in [4.78, 5) is 16.3. The summed E-state index contributed by atoms with van der Waals surface area (Å²) in [5.41, 5.74) is -0.427. The Morgan fingerprint density at radius 2 is 1.74 bits per heavy atom. The van der Waals surface area contributed by atoms with Crippen LogP contribution in [-0.4, -0.2) is 42.0 Å². The van der Waals surface area contributed by atoms with E-state index in [-0.39, 0.29) is 10.8 Å². The third kappa shape index (κ3) is 5.98. The average Bonchev–Trinajstić information content (AvgIpc) is 2.74. The van der Waals surface area contributed by atoms with Crippen molar-refractivity contribution in [1.82, 2.24) is 9.29 Å². The summed E-state index contributed by atoms with van der Waals surface area (Å²) >= 11 is 1.02. The molecule has 3 rings (SSSR count). The van der Waals surface area contributed by atoms with Crippen molar-refractivity contribution in [3.63, 3.8) is 0 Å². The van der Waals surface area contributed by atoms with Crippen LogP contribution in [0, 0.1) is 0 Å². The predicted octanol–water partition coefficient (Wildman–Crippen LogP) is 4.39. The maximum absolute atomic E-state index is 12.7. The number of nitrogens with one attached hydrogen (secondary N) is 1. The number of hydrogen-bond acceptors (Lipinski definition) is 5. The molecule has 0 bridgehead atoms. The van der Waals surface area contributed by atoms with Gasteiger partial charge in [-0.05, 0) is 56.2 Å². The summed E-state index contributed by atoms with van der Waals surface area (Å²) in [7, 11) is -3.55. The molecule has 1 fully saturated rings. The van der Waals surface area contributed by atoms with Crippen LogP contribution < -0.4 is 5.32 Å². The van der Waals surface area contributed by atoms with Crippen LogP contribution in [0.4, 0.5) is 18.9 Å². The predicted molar refractivity (Wildman–Crippen MR) is 112 cm³/mol. The molecule has 2 heterocycles. The monoisotopic (exact) mass is 473 g/mol. The minimum absolute atomic E-state index is 0.170. The smallest absolute Gasteiger partial charge is 0.325 e. The Hall–Kier alpha value is -2.11. The number of halogens is 3. The molecule has 1 N–H and O–H groups in total. The van der Waals surface area contributed by atoms with E-state index in [1.807, 2.05) is 0 Å². The number of carbonyl (C=O) groups excluding carboxylic acids is 1. The molecule has 1 aliphatic heterocycles. The van der Waals surface area contributed by atoms with E-state index in [0.29, 0.717) is 23.8 Å². The van der Waals surface area contributed by atoms with Gasteiger partial charge in [-0.3, -0.25) is 4.79 Å². The zero-order valence-corrected chi connectivity index (χ0v) is 18.4. The van der Waals surface area contributed by atoms with Gasteiger partial charge in [0.15, 0.2) is 0 Å². The number of aromatic nitrogens is 1. The van der Waals surface area contributed by atoms with Crippen LogP contribution in [-0.2, 0) is 21.0 Å². The molecule has 31 heavy (non-hydrogen) atoms. The standard InChI is InChI=1S/C20H22F3N3O3S2/c1-14(30-18-10-5-15(13-24-18)20(21,22)23)19(27)25-16-6-8-17(9-7-16)31(28,29)26-11-3-2-4-12-26/h5-10,13-14H,2-4,11-12H2,1H3,(H,25,27). The van der Waals surface area contributed by atoms with Crippen molar-refractivity contribution in [3.8, 4) is 0 Å². The molecule has 2 aromatic rings. The van der Waals surface area contributed by atoms with Crippen molar-refractivity contribution >= 4 is 33.4 Å². The topological polar surface area (TPSA) is 79.4 Å². The van der Waals surface area contributed by atoms with Gasteiger partial charge >= 0.3 is 6.18 Å². The van der Waals surface area contributed by atoms with Crippen molar-refractivity contribution in [2.45, 2.75) is 47.5 Å². The molecule has 1 atom stereocenters. The second-order valence-corrected chi connectivity index (χ2v) is 10.4. The van der Waals surface area contributed by atoms with Crippen LogP contribution in [0.25, 0.3) is 0 Å². The molecule has 0 aliphatic carbocycles. The number of thioether (sulfide) groups is 1. The van der Waals surface area contributed by atoms with Crippen molar-refractivity contribution in [2.24, 2.45) is 0 Å². The molecule has 1 aliphatic rings. The largest absolute Gasteiger partial charge is 0.417 e.